The van der Waals surface area contributed by atoms with Gasteiger partial charge in [0, 0.05) is 26.2 Å². The summed E-state index contributed by atoms with van der Waals surface area (Å²) < 4.78 is 1.61. The minimum atomic E-state index is 0.116. The highest BCUT2D eigenvalue weighted by atomic mass is 35.5. The van der Waals surface area contributed by atoms with Crippen LogP contribution in [-0.4, -0.2) is 20.5 Å². The number of hydrogen-bond donors (Lipinski definition) is 0. The van der Waals surface area contributed by atoms with Crippen molar-refractivity contribution in [1.82, 2.24) is 14.8 Å². The highest BCUT2D eigenvalue weighted by Gasteiger charge is 2.12. The smallest absolute Gasteiger partial charge is 0.145 e. The van der Waals surface area contributed by atoms with Gasteiger partial charge in [-0.2, -0.15) is 5.10 Å². The van der Waals surface area contributed by atoms with E-state index in [-0.39, 0.29) is 6.61 Å². The summed E-state index contributed by atoms with van der Waals surface area (Å²) in [4.78, 5) is 9.42. The lowest BCUT2D eigenvalue weighted by Gasteiger charge is -2.10. The molecule has 1 aromatic heterocycles. The predicted molar refractivity (Wildman–Crippen MR) is 104 cm³/mol. The Hall–Kier alpha value is -1.79. The third kappa shape index (κ3) is 4.68. The molecule has 26 heavy (non-hydrogen) atoms. The first-order valence-corrected chi connectivity index (χ1v) is 8.95. The van der Waals surface area contributed by atoms with Crippen molar-refractivity contribution in [1.29, 1.82) is 0 Å². The van der Waals surface area contributed by atoms with Crippen LogP contribution in [0.3, 0.4) is 0 Å². The van der Waals surface area contributed by atoms with Crippen LogP contribution < -0.4 is 0 Å². The Morgan fingerprint density at radius 1 is 1.04 bits per heavy atom. The van der Waals surface area contributed by atoms with Crippen LogP contribution in [0.5, 0.6) is 0 Å². The highest BCUT2D eigenvalue weighted by molar-refractivity contribution is 6.37. The maximum absolute atomic E-state index is 6.30. The number of aromatic nitrogens is 3. The summed E-state index contributed by atoms with van der Waals surface area (Å²) in [5, 5.41) is 10.3. The molecule has 0 saturated carbocycles. The predicted octanol–water partition coefficient (Wildman–Crippen LogP) is 5.51. The Kier molecular flexibility index (Phi) is 6.38. The Morgan fingerprint density at radius 2 is 1.81 bits per heavy atom. The molecule has 0 aliphatic carbocycles. The van der Waals surface area contributed by atoms with Crippen LogP contribution in [0, 0.1) is 0 Å². The fourth-order valence-electron chi connectivity index (χ4n) is 2.20. The molecule has 134 valence electrons. The average Bonchev–Trinajstić information content (AvgIpc) is 3.10. The zero-order valence-electron chi connectivity index (χ0n) is 13.2. The number of nitrogens with zero attached hydrogens (tertiary/aromatic N) is 4. The molecule has 0 saturated heterocycles. The lowest BCUT2D eigenvalue weighted by atomic mass is 10.1. The van der Waals surface area contributed by atoms with E-state index in [0.717, 1.165) is 0 Å². The molecule has 2 aromatic carbocycles. The largest absolute Gasteiger partial charge is 0.391 e. The molecule has 5 nitrogen and oxygen atoms in total. The Labute approximate surface area is 170 Å². The molecule has 0 aliphatic heterocycles. The second-order valence-corrected chi connectivity index (χ2v) is 6.89. The van der Waals surface area contributed by atoms with Gasteiger partial charge in [-0.25, -0.2) is 9.67 Å². The topological polar surface area (TPSA) is 52.3 Å². The molecule has 9 heteroatoms. The average molecular weight is 430 g/mol. The lowest BCUT2D eigenvalue weighted by molar-refractivity contribution is 0.130. The second kappa shape index (κ2) is 8.73. The van der Waals surface area contributed by atoms with E-state index in [9.17, 15) is 0 Å². The summed E-state index contributed by atoms with van der Waals surface area (Å²) in [6.07, 6.45) is 3.01. The fraction of sp³-hybridized carbons (Fsp3) is 0.118. The summed E-state index contributed by atoms with van der Waals surface area (Å²) in [6, 6.07) is 10.4. The van der Waals surface area contributed by atoms with Crippen molar-refractivity contribution in [3.05, 3.63) is 80.3 Å². The van der Waals surface area contributed by atoms with Gasteiger partial charge >= 0.3 is 0 Å². The molecule has 0 N–H and O–H groups in total. The zero-order valence-corrected chi connectivity index (χ0v) is 16.3. The molecule has 3 aromatic rings. The second-order valence-electron chi connectivity index (χ2n) is 5.23. The van der Waals surface area contributed by atoms with Crippen LogP contribution in [0.4, 0.5) is 0 Å². The molecule has 0 unspecified atom stereocenters. The normalized spacial score (nSPS) is 11.6. The fourth-order valence-corrected chi connectivity index (χ4v) is 3.22. The van der Waals surface area contributed by atoms with Gasteiger partial charge in [0.2, 0.25) is 0 Å². The van der Waals surface area contributed by atoms with Crippen molar-refractivity contribution in [3.8, 4) is 0 Å². The van der Waals surface area contributed by atoms with E-state index in [0.29, 0.717) is 43.5 Å². The van der Waals surface area contributed by atoms with Crippen LogP contribution in [0.2, 0.25) is 20.1 Å². The van der Waals surface area contributed by atoms with E-state index >= 15 is 0 Å². The SMILES string of the molecule is Clc1ccc(C(Cn2cncn2)=NOCc2c(Cl)cccc2Cl)c(Cl)c1. The molecule has 3 rings (SSSR count). The van der Waals surface area contributed by atoms with Crippen molar-refractivity contribution in [2.45, 2.75) is 13.2 Å². The van der Waals surface area contributed by atoms with Gasteiger partial charge in [-0.3, -0.25) is 0 Å². The van der Waals surface area contributed by atoms with Crippen molar-refractivity contribution in [2.24, 2.45) is 5.16 Å². The van der Waals surface area contributed by atoms with E-state index in [1.165, 1.54) is 6.33 Å². The summed E-state index contributed by atoms with van der Waals surface area (Å²) in [5.41, 5.74) is 1.89. The summed E-state index contributed by atoms with van der Waals surface area (Å²) in [6.45, 7) is 0.433. The van der Waals surface area contributed by atoms with Gasteiger partial charge in [0.25, 0.3) is 0 Å². The Bertz CT molecular complexity index is 908. The van der Waals surface area contributed by atoms with E-state index in [1.54, 1.807) is 47.4 Å². The van der Waals surface area contributed by atoms with Crippen LogP contribution in [0.25, 0.3) is 0 Å². The molecule has 0 radical (unpaired) electrons. The Balaban J connectivity index is 1.86. The van der Waals surface area contributed by atoms with Crippen molar-refractivity contribution in [2.75, 3.05) is 0 Å². The molecule has 0 aliphatic rings. The van der Waals surface area contributed by atoms with Crippen molar-refractivity contribution >= 4 is 52.1 Å². The maximum atomic E-state index is 6.30. The molecular weight excluding hydrogens is 418 g/mol. The maximum Gasteiger partial charge on any atom is 0.145 e. The van der Waals surface area contributed by atoms with Crippen LogP contribution in [0.15, 0.2) is 54.2 Å². The first kappa shape index (κ1) is 19.0. The summed E-state index contributed by atoms with van der Waals surface area (Å²) in [7, 11) is 0. The minimum absolute atomic E-state index is 0.116. The van der Waals surface area contributed by atoms with Gasteiger partial charge in [-0.05, 0) is 30.3 Å². The molecule has 1 heterocycles. The van der Waals surface area contributed by atoms with Gasteiger partial charge in [0.15, 0.2) is 0 Å². The van der Waals surface area contributed by atoms with Gasteiger partial charge in [-0.15, -0.1) is 0 Å². The van der Waals surface area contributed by atoms with E-state index in [4.69, 9.17) is 51.2 Å². The van der Waals surface area contributed by atoms with Crippen molar-refractivity contribution in [3.63, 3.8) is 0 Å². The molecule has 0 fully saturated rings. The molecule has 0 spiro atoms. The number of oxime groups is 1. The van der Waals surface area contributed by atoms with Gasteiger partial charge in [0.05, 0.1) is 11.6 Å². The van der Waals surface area contributed by atoms with Gasteiger partial charge in [-0.1, -0.05) is 57.6 Å². The van der Waals surface area contributed by atoms with Gasteiger partial charge < -0.3 is 4.84 Å². The third-order valence-electron chi connectivity index (χ3n) is 3.47. The van der Waals surface area contributed by atoms with Crippen molar-refractivity contribution < 1.29 is 4.84 Å². The van der Waals surface area contributed by atoms with Crippen LogP contribution in [-0.2, 0) is 18.0 Å². The van der Waals surface area contributed by atoms with Gasteiger partial charge in [0.1, 0.15) is 25.0 Å². The minimum Gasteiger partial charge on any atom is -0.391 e. The van der Waals surface area contributed by atoms with E-state index in [1.807, 2.05) is 0 Å². The Morgan fingerprint density at radius 3 is 2.46 bits per heavy atom. The van der Waals surface area contributed by atoms with Crippen LogP contribution >= 0.6 is 46.4 Å². The van der Waals surface area contributed by atoms with E-state index in [2.05, 4.69) is 15.2 Å². The molecule has 0 amide bonds. The molecular formula is C17H12Cl4N4O. The van der Waals surface area contributed by atoms with Crippen LogP contribution in [0.1, 0.15) is 11.1 Å². The highest BCUT2D eigenvalue weighted by Crippen LogP contribution is 2.26. The lowest BCUT2D eigenvalue weighted by Crippen LogP contribution is -2.13. The quantitative estimate of drug-likeness (QED) is 0.383. The number of rotatable bonds is 6. The van der Waals surface area contributed by atoms with E-state index < -0.39 is 0 Å². The summed E-state index contributed by atoms with van der Waals surface area (Å²) in [5.74, 6) is 0. The molecule has 0 atom stereocenters. The number of halogens is 4. The zero-order chi connectivity index (χ0) is 18.5. The first-order valence-electron chi connectivity index (χ1n) is 7.44. The monoisotopic (exact) mass is 428 g/mol. The molecule has 0 bridgehead atoms. The standard InChI is InChI=1S/C17H12Cl4N4O/c18-11-4-5-12(16(21)6-11)17(7-25-10-22-9-23-25)24-26-8-13-14(19)2-1-3-15(13)20/h1-6,9-10H,7-8H2. The number of hydrogen-bond acceptors (Lipinski definition) is 4. The third-order valence-corrected chi connectivity index (χ3v) is 4.72. The summed E-state index contributed by atoms with van der Waals surface area (Å²) >= 11 is 24.6. The first-order chi connectivity index (χ1) is 12.5. The number of benzene rings is 2.